The summed E-state index contributed by atoms with van der Waals surface area (Å²) in [6.07, 6.45) is 5.38. The maximum atomic E-state index is 12.8. The number of imidazole rings is 1. The number of aryl methyl sites for hydroxylation is 1. The van der Waals surface area contributed by atoms with Crippen molar-refractivity contribution in [1.29, 1.82) is 0 Å². The Kier molecular flexibility index (Phi) is 3.52. The van der Waals surface area contributed by atoms with Crippen LogP contribution in [0.4, 0.5) is 0 Å². The first kappa shape index (κ1) is 14.2. The van der Waals surface area contributed by atoms with Gasteiger partial charge in [0.1, 0.15) is 5.65 Å². The second-order valence-electron chi connectivity index (χ2n) is 6.34. The highest BCUT2D eigenvalue weighted by molar-refractivity contribution is 5.79. The molecule has 0 radical (unpaired) electrons. The molecule has 1 aliphatic heterocycles. The zero-order valence-electron chi connectivity index (χ0n) is 13.0. The summed E-state index contributed by atoms with van der Waals surface area (Å²) in [5.41, 5.74) is 3.27. The molecule has 1 unspecified atom stereocenters. The molecule has 1 fully saturated rings. The van der Waals surface area contributed by atoms with Crippen LogP contribution in [0.15, 0.2) is 24.4 Å². The summed E-state index contributed by atoms with van der Waals surface area (Å²) in [6, 6.07) is 6.00. The van der Waals surface area contributed by atoms with Gasteiger partial charge in [-0.2, -0.15) is 0 Å². The van der Waals surface area contributed by atoms with E-state index < -0.39 is 0 Å². The van der Waals surface area contributed by atoms with Gasteiger partial charge in [-0.25, -0.2) is 4.98 Å². The van der Waals surface area contributed by atoms with Gasteiger partial charge in [0.2, 0.25) is 12.3 Å². The number of hydrogen-bond acceptors (Lipinski definition) is 3. The van der Waals surface area contributed by atoms with Crippen LogP contribution in [0.2, 0.25) is 0 Å². The zero-order valence-corrected chi connectivity index (χ0v) is 13.0. The summed E-state index contributed by atoms with van der Waals surface area (Å²) in [5.74, 6) is 0.262. The molecular formula is C17H20N4O2. The van der Waals surface area contributed by atoms with Gasteiger partial charge >= 0.3 is 0 Å². The van der Waals surface area contributed by atoms with Gasteiger partial charge in [-0.15, -0.1) is 0 Å². The van der Waals surface area contributed by atoms with Gasteiger partial charge < -0.3 is 14.2 Å². The molecule has 1 aliphatic carbocycles. The van der Waals surface area contributed by atoms with Crippen LogP contribution >= 0.6 is 0 Å². The predicted molar refractivity (Wildman–Crippen MR) is 84.9 cm³/mol. The van der Waals surface area contributed by atoms with E-state index in [9.17, 15) is 9.59 Å². The van der Waals surface area contributed by atoms with E-state index >= 15 is 0 Å². The van der Waals surface area contributed by atoms with Crippen molar-refractivity contribution in [1.82, 2.24) is 19.2 Å². The van der Waals surface area contributed by atoms with Crippen LogP contribution in [-0.4, -0.2) is 57.7 Å². The van der Waals surface area contributed by atoms with Crippen molar-refractivity contribution in [2.24, 2.45) is 5.92 Å². The molecule has 0 spiro atoms. The molecule has 0 aromatic carbocycles. The molecule has 2 amide bonds. The summed E-state index contributed by atoms with van der Waals surface area (Å²) in [6.45, 7) is 2.58. The lowest BCUT2D eigenvalue weighted by molar-refractivity contribution is -0.139. The highest BCUT2D eigenvalue weighted by atomic mass is 16.2. The number of fused-ring (bicyclic) bond motifs is 3. The van der Waals surface area contributed by atoms with E-state index in [0.29, 0.717) is 26.2 Å². The van der Waals surface area contributed by atoms with Crippen molar-refractivity contribution in [3.63, 3.8) is 0 Å². The summed E-state index contributed by atoms with van der Waals surface area (Å²) < 4.78 is 2.11. The Morgan fingerprint density at radius 2 is 2.04 bits per heavy atom. The third-order valence-electron chi connectivity index (χ3n) is 5.01. The van der Waals surface area contributed by atoms with E-state index in [-0.39, 0.29) is 11.8 Å². The van der Waals surface area contributed by atoms with Crippen molar-refractivity contribution in [2.45, 2.75) is 19.3 Å². The summed E-state index contributed by atoms with van der Waals surface area (Å²) >= 11 is 0. The molecule has 0 N–H and O–H groups in total. The van der Waals surface area contributed by atoms with Crippen LogP contribution in [0, 0.1) is 5.92 Å². The third-order valence-corrected chi connectivity index (χ3v) is 5.01. The Morgan fingerprint density at radius 3 is 2.83 bits per heavy atom. The summed E-state index contributed by atoms with van der Waals surface area (Å²) in [5, 5.41) is 0. The number of amides is 2. The maximum Gasteiger partial charge on any atom is 0.226 e. The molecule has 1 saturated heterocycles. The monoisotopic (exact) mass is 312 g/mol. The maximum absolute atomic E-state index is 12.8. The quantitative estimate of drug-likeness (QED) is 0.769. The number of pyridine rings is 1. The van der Waals surface area contributed by atoms with Crippen molar-refractivity contribution >= 4 is 18.0 Å². The number of nitrogens with zero attached hydrogens (tertiary/aromatic N) is 4. The van der Waals surface area contributed by atoms with Gasteiger partial charge in [0.15, 0.2) is 0 Å². The second-order valence-corrected chi connectivity index (χ2v) is 6.34. The van der Waals surface area contributed by atoms with Crippen molar-refractivity contribution in [3.05, 3.63) is 35.8 Å². The van der Waals surface area contributed by atoms with Crippen LogP contribution in [-0.2, 0) is 22.4 Å². The smallest absolute Gasteiger partial charge is 0.226 e. The molecule has 4 rings (SSSR count). The minimum absolute atomic E-state index is 0.0328. The van der Waals surface area contributed by atoms with E-state index in [0.717, 1.165) is 37.0 Å². The molecule has 0 saturated carbocycles. The van der Waals surface area contributed by atoms with Crippen LogP contribution in [0.3, 0.4) is 0 Å². The summed E-state index contributed by atoms with van der Waals surface area (Å²) in [4.78, 5) is 31.9. The number of carbonyl (C=O) groups is 2. The van der Waals surface area contributed by atoms with Crippen LogP contribution in [0.25, 0.3) is 5.65 Å². The Morgan fingerprint density at radius 1 is 1.22 bits per heavy atom. The molecule has 23 heavy (non-hydrogen) atoms. The number of piperazine rings is 1. The lowest BCUT2D eigenvalue weighted by Gasteiger charge is -2.35. The standard InChI is InChI=1S/C17H20N4O2/c22-12-19-7-9-20(10-8-19)17(23)13-4-5-14-15(11-13)21-6-2-1-3-16(21)18-14/h1-3,6,12-13H,4-5,7-11H2. The van der Waals surface area contributed by atoms with Crippen molar-refractivity contribution in [3.8, 4) is 0 Å². The first-order valence-corrected chi connectivity index (χ1v) is 8.19. The van der Waals surface area contributed by atoms with Gasteiger partial charge in [0, 0.05) is 50.4 Å². The molecule has 3 heterocycles. The number of hydrogen-bond donors (Lipinski definition) is 0. The minimum atomic E-state index is 0.0328. The Hall–Kier alpha value is -2.37. The average molecular weight is 312 g/mol. The Bertz CT molecular complexity index is 746. The minimum Gasteiger partial charge on any atom is -0.342 e. The van der Waals surface area contributed by atoms with Crippen molar-refractivity contribution in [2.75, 3.05) is 26.2 Å². The molecule has 6 nitrogen and oxygen atoms in total. The second kappa shape index (κ2) is 5.68. The largest absolute Gasteiger partial charge is 0.342 e. The summed E-state index contributed by atoms with van der Waals surface area (Å²) in [7, 11) is 0. The molecule has 2 aliphatic rings. The van der Waals surface area contributed by atoms with Gasteiger partial charge in [0.25, 0.3) is 0 Å². The van der Waals surface area contributed by atoms with Gasteiger partial charge in [-0.3, -0.25) is 9.59 Å². The number of rotatable bonds is 2. The van der Waals surface area contributed by atoms with E-state index in [4.69, 9.17) is 0 Å². The first-order valence-electron chi connectivity index (χ1n) is 8.19. The topological polar surface area (TPSA) is 57.9 Å². The predicted octanol–water partition coefficient (Wildman–Crippen LogP) is 0.740. The fourth-order valence-corrected chi connectivity index (χ4v) is 3.67. The average Bonchev–Trinajstić information content (AvgIpc) is 2.99. The fraction of sp³-hybridized carbons (Fsp3) is 0.471. The van der Waals surface area contributed by atoms with Crippen molar-refractivity contribution < 1.29 is 9.59 Å². The third kappa shape index (κ3) is 2.48. The first-order chi connectivity index (χ1) is 11.3. The number of aromatic nitrogens is 2. The molecule has 6 heteroatoms. The van der Waals surface area contributed by atoms with Crippen LogP contribution in [0.1, 0.15) is 17.8 Å². The van der Waals surface area contributed by atoms with E-state index in [1.54, 1.807) is 4.90 Å². The Balaban J connectivity index is 1.51. The molecular weight excluding hydrogens is 292 g/mol. The highest BCUT2D eigenvalue weighted by Gasteiger charge is 2.32. The van der Waals surface area contributed by atoms with E-state index in [1.165, 1.54) is 5.69 Å². The normalized spacial score (nSPS) is 21.3. The Labute approximate surface area is 134 Å². The molecule has 2 aromatic heterocycles. The molecule has 1 atom stereocenters. The SMILES string of the molecule is O=CN1CCN(C(=O)C2CCc3nc4ccccn4c3C2)CC1. The van der Waals surface area contributed by atoms with Gasteiger partial charge in [0.05, 0.1) is 5.69 Å². The lowest BCUT2D eigenvalue weighted by Crippen LogP contribution is -2.50. The van der Waals surface area contributed by atoms with Gasteiger partial charge in [-0.1, -0.05) is 6.07 Å². The lowest BCUT2D eigenvalue weighted by atomic mass is 9.88. The highest BCUT2D eigenvalue weighted by Crippen LogP contribution is 2.27. The zero-order chi connectivity index (χ0) is 15.8. The van der Waals surface area contributed by atoms with E-state index in [2.05, 4.69) is 9.38 Å². The van der Waals surface area contributed by atoms with E-state index in [1.807, 2.05) is 29.3 Å². The molecule has 120 valence electrons. The molecule has 0 bridgehead atoms. The van der Waals surface area contributed by atoms with Crippen LogP contribution < -0.4 is 0 Å². The molecule has 2 aromatic rings. The van der Waals surface area contributed by atoms with Crippen LogP contribution in [0.5, 0.6) is 0 Å². The van der Waals surface area contributed by atoms with Gasteiger partial charge in [-0.05, 0) is 25.0 Å². The fourth-order valence-electron chi connectivity index (χ4n) is 3.67. The number of carbonyl (C=O) groups excluding carboxylic acids is 2.